The van der Waals surface area contributed by atoms with Crippen LogP contribution in [0.2, 0.25) is 0 Å². The van der Waals surface area contributed by atoms with E-state index in [1.54, 1.807) is 6.07 Å². The first-order valence-corrected chi connectivity index (χ1v) is 12.7. The predicted octanol–water partition coefficient (Wildman–Crippen LogP) is 2.69. The van der Waals surface area contributed by atoms with E-state index in [1.807, 2.05) is 22.7 Å². The second kappa shape index (κ2) is 11.2. The van der Waals surface area contributed by atoms with E-state index in [9.17, 15) is 4.39 Å². The summed E-state index contributed by atoms with van der Waals surface area (Å²) in [7, 11) is 1.45. The van der Waals surface area contributed by atoms with Gasteiger partial charge in [0.2, 0.25) is 17.8 Å². The summed E-state index contributed by atoms with van der Waals surface area (Å²) in [5.74, 6) is 2.83. The molecule has 11 heteroatoms. The molecule has 0 spiro atoms. The largest absolute Gasteiger partial charge is 0.494 e. The van der Waals surface area contributed by atoms with Gasteiger partial charge in [-0.3, -0.25) is 9.80 Å². The van der Waals surface area contributed by atoms with Crippen LogP contribution in [0.5, 0.6) is 5.75 Å². The van der Waals surface area contributed by atoms with Gasteiger partial charge in [0, 0.05) is 48.4 Å². The maximum atomic E-state index is 14.6. The number of nitrogens with one attached hydrogen (secondary N) is 2. The number of hydrogen-bond donors (Lipinski definition) is 3. The van der Waals surface area contributed by atoms with E-state index >= 15 is 0 Å². The van der Waals surface area contributed by atoms with Crippen molar-refractivity contribution >= 4 is 35.3 Å². The van der Waals surface area contributed by atoms with Gasteiger partial charge >= 0.3 is 0 Å². The van der Waals surface area contributed by atoms with E-state index in [2.05, 4.69) is 32.4 Å². The number of ether oxygens (including phenoxy) is 1. The molecule has 2 saturated heterocycles. The van der Waals surface area contributed by atoms with Gasteiger partial charge in [0.05, 0.1) is 13.8 Å². The zero-order chi connectivity index (χ0) is 23.2. The van der Waals surface area contributed by atoms with Gasteiger partial charge in [-0.05, 0) is 37.9 Å². The van der Waals surface area contributed by atoms with E-state index < -0.39 is 5.82 Å². The van der Waals surface area contributed by atoms with Crippen LogP contribution in [0.3, 0.4) is 0 Å². The molecule has 1 aromatic carbocycles. The van der Waals surface area contributed by atoms with Crippen molar-refractivity contribution in [2.24, 2.45) is 0 Å². The number of rotatable bonds is 9. The monoisotopic (exact) mass is 476 g/mol. The zero-order valence-electron chi connectivity index (χ0n) is 19.3. The molecule has 3 heterocycles. The SMILES string of the molecule is CCC(Nc1nc(N)nc(N(CN2CCSCC2)c2ccc(OC)c(F)c2)n1)C1CCCN1. The molecule has 2 aliphatic rings. The molecule has 9 nitrogen and oxygen atoms in total. The third-order valence-corrected chi connectivity index (χ3v) is 7.06. The van der Waals surface area contributed by atoms with Gasteiger partial charge in [0.15, 0.2) is 11.6 Å². The first-order valence-electron chi connectivity index (χ1n) is 11.5. The van der Waals surface area contributed by atoms with Gasteiger partial charge in [0.25, 0.3) is 0 Å². The first-order chi connectivity index (χ1) is 16.1. The van der Waals surface area contributed by atoms with E-state index in [0.717, 1.165) is 44.0 Å². The number of nitrogens with zero attached hydrogens (tertiary/aromatic N) is 5. The number of halogens is 1. The van der Waals surface area contributed by atoms with E-state index in [0.29, 0.717) is 30.3 Å². The molecule has 180 valence electrons. The highest BCUT2D eigenvalue weighted by Crippen LogP contribution is 2.29. The van der Waals surface area contributed by atoms with Crippen molar-refractivity contribution < 1.29 is 9.13 Å². The fourth-order valence-electron chi connectivity index (χ4n) is 4.30. The summed E-state index contributed by atoms with van der Waals surface area (Å²) in [6, 6.07) is 5.43. The molecule has 0 saturated carbocycles. The average Bonchev–Trinajstić information content (AvgIpc) is 3.36. The maximum Gasteiger partial charge on any atom is 0.237 e. The lowest BCUT2D eigenvalue weighted by atomic mass is 10.0. The average molecular weight is 477 g/mol. The van der Waals surface area contributed by atoms with Crippen LogP contribution in [-0.4, -0.2) is 76.9 Å². The molecular formula is C22H33FN8OS. The van der Waals surface area contributed by atoms with Crippen molar-refractivity contribution in [2.75, 3.05) is 60.9 Å². The number of anilines is 4. The summed E-state index contributed by atoms with van der Waals surface area (Å²) in [5.41, 5.74) is 6.73. The maximum absolute atomic E-state index is 14.6. The highest BCUT2D eigenvalue weighted by atomic mass is 32.2. The smallest absolute Gasteiger partial charge is 0.237 e. The zero-order valence-corrected chi connectivity index (χ0v) is 20.1. The van der Waals surface area contributed by atoms with Crippen LogP contribution < -0.4 is 26.0 Å². The van der Waals surface area contributed by atoms with Crippen LogP contribution >= 0.6 is 11.8 Å². The third kappa shape index (κ3) is 5.96. The van der Waals surface area contributed by atoms with Gasteiger partial charge in [-0.25, -0.2) is 4.39 Å². The Hall–Kier alpha value is -2.37. The molecule has 4 rings (SSSR count). The van der Waals surface area contributed by atoms with E-state index in [1.165, 1.54) is 19.6 Å². The van der Waals surface area contributed by atoms with Gasteiger partial charge in [0.1, 0.15) is 0 Å². The Morgan fingerprint density at radius 1 is 1.33 bits per heavy atom. The lowest BCUT2D eigenvalue weighted by molar-refractivity contribution is 0.308. The van der Waals surface area contributed by atoms with Gasteiger partial charge < -0.3 is 21.1 Å². The summed E-state index contributed by atoms with van der Waals surface area (Å²) in [4.78, 5) is 17.7. The molecule has 2 fully saturated rings. The number of methoxy groups -OCH3 is 1. The molecule has 4 N–H and O–H groups in total. The molecule has 0 amide bonds. The molecule has 2 atom stereocenters. The second-order valence-electron chi connectivity index (χ2n) is 8.30. The molecular weight excluding hydrogens is 443 g/mol. The minimum absolute atomic E-state index is 0.130. The van der Waals surface area contributed by atoms with Crippen LogP contribution in [0.15, 0.2) is 18.2 Å². The summed E-state index contributed by atoms with van der Waals surface area (Å²) in [6.45, 7) is 5.58. The molecule has 2 unspecified atom stereocenters. The minimum atomic E-state index is -0.437. The molecule has 33 heavy (non-hydrogen) atoms. The first kappa shape index (κ1) is 23.8. The Morgan fingerprint density at radius 3 is 2.82 bits per heavy atom. The predicted molar refractivity (Wildman–Crippen MR) is 132 cm³/mol. The quantitative estimate of drug-likeness (QED) is 0.500. The van der Waals surface area contributed by atoms with E-state index in [4.69, 9.17) is 15.5 Å². The lowest BCUT2D eigenvalue weighted by Crippen LogP contribution is -2.41. The number of hydrogen-bond acceptors (Lipinski definition) is 10. The number of nitrogens with two attached hydrogens (primary N) is 1. The lowest BCUT2D eigenvalue weighted by Gasteiger charge is -2.33. The molecule has 0 aliphatic carbocycles. The molecule has 2 aromatic rings. The summed E-state index contributed by atoms with van der Waals surface area (Å²) < 4.78 is 19.7. The van der Waals surface area contributed by atoms with Crippen LogP contribution in [0.1, 0.15) is 26.2 Å². The topological polar surface area (TPSA) is 104 Å². The van der Waals surface area contributed by atoms with E-state index in [-0.39, 0.29) is 17.7 Å². The number of aromatic nitrogens is 3. The summed E-state index contributed by atoms with van der Waals surface area (Å²) in [6.07, 6.45) is 3.21. The highest BCUT2D eigenvalue weighted by molar-refractivity contribution is 7.99. The number of thioether (sulfide) groups is 1. The second-order valence-corrected chi connectivity index (χ2v) is 9.52. The number of benzene rings is 1. The van der Waals surface area contributed by atoms with Crippen LogP contribution in [0, 0.1) is 5.82 Å². The Labute approximate surface area is 198 Å². The molecule has 1 aromatic heterocycles. The molecule has 0 bridgehead atoms. The van der Waals surface area contributed by atoms with Crippen molar-refractivity contribution in [1.29, 1.82) is 0 Å². The normalized spacial score (nSPS) is 19.9. The van der Waals surface area contributed by atoms with Crippen molar-refractivity contribution in [3.05, 3.63) is 24.0 Å². The Kier molecular flexibility index (Phi) is 8.05. The molecule has 0 radical (unpaired) electrons. The fraction of sp³-hybridized carbons (Fsp3) is 0.591. The summed E-state index contributed by atoms with van der Waals surface area (Å²) in [5, 5.41) is 6.99. The van der Waals surface area contributed by atoms with Crippen LogP contribution in [0.25, 0.3) is 0 Å². The fourth-order valence-corrected chi connectivity index (χ4v) is 5.28. The standard InChI is InChI=1S/C22H33FN8OS/c1-3-17(18-5-4-8-25-18)26-21-27-20(24)28-22(29-21)31(14-30-9-11-33-12-10-30)15-6-7-19(32-2)16(23)13-15/h6-7,13,17-18,25H,3-5,8-12,14H2,1-2H3,(H3,24,26,27,28,29). The van der Waals surface area contributed by atoms with Crippen molar-refractivity contribution in [2.45, 2.75) is 38.3 Å². The van der Waals surface area contributed by atoms with Gasteiger partial charge in [-0.1, -0.05) is 6.92 Å². The minimum Gasteiger partial charge on any atom is -0.494 e. The molecule has 2 aliphatic heterocycles. The Morgan fingerprint density at radius 2 is 2.15 bits per heavy atom. The third-order valence-electron chi connectivity index (χ3n) is 6.11. The number of nitrogen functional groups attached to an aromatic ring is 1. The van der Waals surface area contributed by atoms with Crippen molar-refractivity contribution in [3.63, 3.8) is 0 Å². The van der Waals surface area contributed by atoms with Gasteiger partial charge in [-0.2, -0.15) is 26.7 Å². The van der Waals surface area contributed by atoms with Crippen molar-refractivity contribution in [1.82, 2.24) is 25.2 Å². The van der Waals surface area contributed by atoms with Crippen LogP contribution in [-0.2, 0) is 0 Å². The van der Waals surface area contributed by atoms with Crippen molar-refractivity contribution in [3.8, 4) is 5.75 Å². The Bertz CT molecular complexity index is 923. The summed E-state index contributed by atoms with van der Waals surface area (Å²) >= 11 is 1.94. The van der Waals surface area contributed by atoms with Gasteiger partial charge in [-0.15, -0.1) is 0 Å². The van der Waals surface area contributed by atoms with Crippen LogP contribution in [0.4, 0.5) is 27.9 Å². The highest BCUT2D eigenvalue weighted by Gasteiger charge is 2.25. The Balaban J connectivity index is 1.64.